The number of H-pyrrole nitrogens is 1. The van der Waals surface area contributed by atoms with Gasteiger partial charge < -0.3 is 10.3 Å². The maximum absolute atomic E-state index is 12.2. The summed E-state index contributed by atoms with van der Waals surface area (Å²) in [6.45, 7) is 5.80. The minimum atomic E-state index is -0.161. The van der Waals surface area contributed by atoms with Crippen LogP contribution in [0.3, 0.4) is 0 Å². The van der Waals surface area contributed by atoms with E-state index in [0.29, 0.717) is 22.8 Å². The minimum absolute atomic E-state index is 0.0601. The number of thioether (sulfide) groups is 1. The Morgan fingerprint density at radius 2 is 2.04 bits per heavy atom. The van der Waals surface area contributed by atoms with Crippen LogP contribution in [0, 0.1) is 13.8 Å². The summed E-state index contributed by atoms with van der Waals surface area (Å²) in [6.07, 6.45) is 2.51. The molecule has 5 nitrogen and oxygen atoms in total. The molecule has 0 aliphatic rings. The van der Waals surface area contributed by atoms with Crippen molar-refractivity contribution in [1.82, 2.24) is 15.3 Å². The topological polar surface area (TPSA) is 74.8 Å². The highest BCUT2D eigenvalue weighted by Gasteiger charge is 2.14. The summed E-state index contributed by atoms with van der Waals surface area (Å²) in [6, 6.07) is 7.93. The molecule has 0 saturated carbocycles. The zero-order chi connectivity index (χ0) is 17.7. The van der Waals surface area contributed by atoms with Crippen molar-refractivity contribution < 1.29 is 4.79 Å². The fourth-order valence-corrected chi connectivity index (χ4v) is 3.10. The normalized spacial score (nSPS) is 12.0. The second-order valence-corrected chi connectivity index (χ2v) is 6.58. The lowest BCUT2D eigenvalue weighted by molar-refractivity contribution is -0.121. The summed E-state index contributed by atoms with van der Waals surface area (Å²) in [7, 11) is 0. The Labute approximate surface area is 146 Å². The Balaban J connectivity index is 1.99. The van der Waals surface area contributed by atoms with Gasteiger partial charge in [-0.05, 0) is 44.6 Å². The number of nitrogens with one attached hydrogen (secondary N) is 2. The summed E-state index contributed by atoms with van der Waals surface area (Å²) in [5, 5.41) is 3.59. The van der Waals surface area contributed by atoms with Crippen molar-refractivity contribution in [3.8, 4) is 0 Å². The lowest BCUT2D eigenvalue weighted by Gasteiger charge is -2.16. The van der Waals surface area contributed by atoms with Gasteiger partial charge in [-0.25, -0.2) is 4.98 Å². The molecule has 0 saturated heterocycles. The maximum atomic E-state index is 12.2. The van der Waals surface area contributed by atoms with Gasteiger partial charge in [-0.15, -0.1) is 0 Å². The van der Waals surface area contributed by atoms with Gasteiger partial charge >= 0.3 is 0 Å². The highest BCUT2D eigenvalue weighted by atomic mass is 32.2. The third-order valence-electron chi connectivity index (χ3n) is 4.03. The largest absolute Gasteiger partial charge is 0.350 e. The summed E-state index contributed by atoms with van der Waals surface area (Å²) < 4.78 is 0. The van der Waals surface area contributed by atoms with Crippen LogP contribution in [0.25, 0.3) is 0 Å². The summed E-state index contributed by atoms with van der Waals surface area (Å²) in [5.74, 6) is -0.0708. The minimum Gasteiger partial charge on any atom is -0.350 e. The number of amides is 1. The molecule has 24 heavy (non-hydrogen) atoms. The van der Waals surface area contributed by atoms with Crippen LogP contribution < -0.4 is 10.9 Å². The second-order valence-electron chi connectivity index (χ2n) is 5.78. The lowest BCUT2D eigenvalue weighted by Crippen LogP contribution is -2.28. The van der Waals surface area contributed by atoms with E-state index >= 15 is 0 Å². The van der Waals surface area contributed by atoms with Gasteiger partial charge in [0.1, 0.15) is 0 Å². The van der Waals surface area contributed by atoms with E-state index in [4.69, 9.17) is 0 Å². The molecule has 1 atom stereocenters. The number of carbonyl (C=O) groups is 1. The van der Waals surface area contributed by atoms with Crippen LogP contribution in [-0.4, -0.2) is 22.1 Å². The summed E-state index contributed by atoms with van der Waals surface area (Å²) in [5.41, 5.74) is 3.35. The van der Waals surface area contributed by atoms with Crippen LogP contribution in [-0.2, 0) is 11.2 Å². The number of rotatable bonds is 6. The maximum Gasteiger partial charge on any atom is 0.254 e. The monoisotopic (exact) mass is 345 g/mol. The molecule has 128 valence electrons. The van der Waals surface area contributed by atoms with E-state index in [1.54, 1.807) is 6.92 Å². The number of aromatic nitrogens is 2. The Bertz CT molecular complexity index is 786. The van der Waals surface area contributed by atoms with Gasteiger partial charge in [-0.1, -0.05) is 36.0 Å². The van der Waals surface area contributed by atoms with E-state index in [1.165, 1.54) is 11.8 Å². The van der Waals surface area contributed by atoms with Crippen molar-refractivity contribution in [3.63, 3.8) is 0 Å². The average molecular weight is 345 g/mol. The van der Waals surface area contributed by atoms with Crippen LogP contribution in [0.1, 0.15) is 41.8 Å². The number of aromatic amines is 1. The molecule has 2 rings (SSSR count). The van der Waals surface area contributed by atoms with Gasteiger partial charge in [0.25, 0.3) is 5.56 Å². The summed E-state index contributed by atoms with van der Waals surface area (Å²) >= 11 is 1.39. The standard InChI is InChI=1S/C18H23N3O2S/c1-11-7-5-6-8-14(11)12(2)19-16(22)10-9-15-13(3)20-18(24-4)21-17(15)23/h5-8,12H,9-10H2,1-4H3,(H,19,22)(H,20,21,23). The first-order valence-electron chi connectivity index (χ1n) is 7.91. The molecule has 0 aliphatic carbocycles. The fraction of sp³-hybridized carbons (Fsp3) is 0.389. The fourth-order valence-electron chi connectivity index (χ4n) is 2.68. The van der Waals surface area contributed by atoms with Crippen molar-refractivity contribution in [2.45, 2.75) is 44.8 Å². The zero-order valence-electron chi connectivity index (χ0n) is 14.5. The highest BCUT2D eigenvalue weighted by molar-refractivity contribution is 7.98. The van der Waals surface area contributed by atoms with E-state index in [9.17, 15) is 9.59 Å². The Hall–Kier alpha value is -2.08. The highest BCUT2D eigenvalue weighted by Crippen LogP contribution is 2.17. The van der Waals surface area contributed by atoms with Gasteiger partial charge in [0.15, 0.2) is 5.16 Å². The molecule has 0 bridgehead atoms. The van der Waals surface area contributed by atoms with Crippen LogP contribution in [0.4, 0.5) is 0 Å². The van der Waals surface area contributed by atoms with Crippen LogP contribution in [0.2, 0.25) is 0 Å². The molecule has 1 aromatic carbocycles. The van der Waals surface area contributed by atoms with E-state index in [-0.39, 0.29) is 23.9 Å². The van der Waals surface area contributed by atoms with Gasteiger partial charge in [-0.3, -0.25) is 9.59 Å². The lowest BCUT2D eigenvalue weighted by atomic mass is 10.0. The van der Waals surface area contributed by atoms with Crippen LogP contribution in [0.15, 0.2) is 34.2 Å². The molecule has 0 aliphatic heterocycles. The van der Waals surface area contributed by atoms with Crippen molar-refractivity contribution in [2.24, 2.45) is 0 Å². The van der Waals surface area contributed by atoms with Gasteiger partial charge in [0, 0.05) is 17.7 Å². The molecule has 1 amide bonds. The predicted molar refractivity (Wildman–Crippen MR) is 97.4 cm³/mol. The SMILES string of the molecule is CSc1nc(C)c(CCC(=O)NC(C)c2ccccc2C)c(=O)[nH]1. The predicted octanol–water partition coefficient (Wildman–Crippen LogP) is 2.92. The molecule has 1 unspecified atom stereocenters. The van der Waals surface area contributed by atoms with E-state index in [1.807, 2.05) is 44.4 Å². The number of benzene rings is 1. The first-order valence-corrected chi connectivity index (χ1v) is 9.13. The molecule has 2 N–H and O–H groups in total. The van der Waals surface area contributed by atoms with Gasteiger partial charge in [0.05, 0.1) is 6.04 Å². The Morgan fingerprint density at radius 1 is 1.33 bits per heavy atom. The Kier molecular flexibility index (Phi) is 6.20. The molecule has 0 fully saturated rings. The molecular weight excluding hydrogens is 322 g/mol. The number of carbonyl (C=O) groups excluding carboxylic acids is 1. The smallest absolute Gasteiger partial charge is 0.254 e. The molecule has 0 spiro atoms. The third kappa shape index (κ3) is 4.47. The Morgan fingerprint density at radius 3 is 2.67 bits per heavy atom. The first-order chi connectivity index (χ1) is 11.4. The molecular formula is C18H23N3O2S. The number of nitrogens with zero attached hydrogens (tertiary/aromatic N) is 1. The average Bonchev–Trinajstić information content (AvgIpc) is 2.54. The molecule has 6 heteroatoms. The van der Waals surface area contributed by atoms with Gasteiger partial charge in [0.2, 0.25) is 5.91 Å². The van der Waals surface area contributed by atoms with Crippen molar-refractivity contribution in [1.29, 1.82) is 0 Å². The molecule has 2 aromatic rings. The number of aryl methyl sites for hydroxylation is 2. The van der Waals surface area contributed by atoms with Gasteiger partial charge in [-0.2, -0.15) is 0 Å². The number of hydrogen-bond acceptors (Lipinski definition) is 4. The van der Waals surface area contributed by atoms with Crippen LogP contribution in [0.5, 0.6) is 0 Å². The van der Waals surface area contributed by atoms with Crippen molar-refractivity contribution >= 4 is 17.7 Å². The van der Waals surface area contributed by atoms with E-state index in [0.717, 1.165) is 11.1 Å². The number of hydrogen-bond donors (Lipinski definition) is 2. The van der Waals surface area contributed by atoms with E-state index < -0.39 is 0 Å². The third-order valence-corrected chi connectivity index (χ3v) is 4.61. The van der Waals surface area contributed by atoms with Crippen molar-refractivity contribution in [3.05, 3.63) is 57.0 Å². The molecule has 1 heterocycles. The first kappa shape index (κ1) is 18.3. The van der Waals surface area contributed by atoms with Crippen molar-refractivity contribution in [2.75, 3.05) is 6.26 Å². The quantitative estimate of drug-likeness (QED) is 0.623. The zero-order valence-corrected chi connectivity index (χ0v) is 15.3. The molecule has 1 aromatic heterocycles. The summed E-state index contributed by atoms with van der Waals surface area (Å²) in [4.78, 5) is 31.3. The molecule has 0 radical (unpaired) electrons. The second kappa shape index (κ2) is 8.15. The van der Waals surface area contributed by atoms with Crippen LogP contribution >= 0.6 is 11.8 Å². The van der Waals surface area contributed by atoms with E-state index in [2.05, 4.69) is 15.3 Å².